The van der Waals surface area contributed by atoms with E-state index in [0.29, 0.717) is 12.6 Å². The fraction of sp³-hybridized carbons (Fsp3) is 0.556. The first-order valence-electron chi connectivity index (χ1n) is 8.51. The molecule has 0 bridgehead atoms. The zero-order valence-electron chi connectivity index (χ0n) is 13.4. The van der Waals surface area contributed by atoms with E-state index in [-0.39, 0.29) is 18.3 Å². The number of cyclic esters (lactones) is 1. The maximum absolute atomic E-state index is 12.3. The Morgan fingerprint density at radius 2 is 1.91 bits per heavy atom. The normalized spacial score (nSPS) is 23.3. The predicted molar refractivity (Wildman–Crippen MR) is 88.0 cm³/mol. The summed E-state index contributed by atoms with van der Waals surface area (Å²) in [6, 6.07) is 9.30. The third kappa shape index (κ3) is 4.10. The number of amides is 1. The number of para-hydroxylation sites is 1. The Morgan fingerprint density at radius 1 is 1.17 bits per heavy atom. The minimum atomic E-state index is -0.449. The first-order valence-corrected chi connectivity index (χ1v) is 8.51. The molecule has 0 radical (unpaired) electrons. The van der Waals surface area contributed by atoms with Gasteiger partial charge >= 0.3 is 5.97 Å². The highest BCUT2D eigenvalue weighted by Crippen LogP contribution is 2.27. The van der Waals surface area contributed by atoms with E-state index in [2.05, 4.69) is 10.2 Å². The Morgan fingerprint density at radius 3 is 2.65 bits per heavy atom. The minimum absolute atomic E-state index is 0.138. The van der Waals surface area contributed by atoms with Crippen LogP contribution in [0.4, 0.5) is 5.69 Å². The van der Waals surface area contributed by atoms with Crippen LogP contribution in [0.15, 0.2) is 30.3 Å². The Bertz CT molecular complexity index is 540. The highest BCUT2D eigenvalue weighted by Gasteiger charge is 2.37. The van der Waals surface area contributed by atoms with E-state index in [1.165, 1.54) is 19.3 Å². The smallest absolute Gasteiger partial charge is 0.323 e. The van der Waals surface area contributed by atoms with Crippen LogP contribution in [0.2, 0.25) is 0 Å². The van der Waals surface area contributed by atoms with Gasteiger partial charge in [-0.3, -0.25) is 14.5 Å². The van der Waals surface area contributed by atoms with Crippen LogP contribution in [0.3, 0.4) is 0 Å². The number of hydrogen-bond donors (Lipinski definition) is 1. The molecule has 1 N–H and O–H groups in total. The van der Waals surface area contributed by atoms with Crippen LogP contribution >= 0.6 is 0 Å². The molecular weight excluding hydrogens is 292 g/mol. The second-order valence-electron chi connectivity index (χ2n) is 6.33. The Kier molecular flexibility index (Phi) is 5.28. The van der Waals surface area contributed by atoms with Crippen LogP contribution in [0, 0.1) is 0 Å². The molecule has 23 heavy (non-hydrogen) atoms. The molecule has 3 rings (SSSR count). The molecule has 1 unspecified atom stereocenters. The summed E-state index contributed by atoms with van der Waals surface area (Å²) in [5.41, 5.74) is 0.755. The Labute approximate surface area is 137 Å². The van der Waals surface area contributed by atoms with Gasteiger partial charge in [0.05, 0.1) is 6.42 Å². The summed E-state index contributed by atoms with van der Waals surface area (Å²) in [5.74, 6) is -0.397. The number of carbonyl (C=O) groups is 2. The van der Waals surface area contributed by atoms with Crippen molar-refractivity contribution in [1.82, 2.24) is 4.90 Å². The first-order chi connectivity index (χ1) is 11.2. The minimum Gasteiger partial charge on any atom is -0.463 e. The zero-order chi connectivity index (χ0) is 16.1. The standard InChI is InChI=1S/C18H24N2O3/c21-17(19-14-7-3-1-4-8-14)13-16-18(22)23-12-11-20(16)15-9-5-2-6-10-15/h1,3-4,7-8,15-16H,2,5-6,9-13H2,(H,19,21). The van der Waals surface area contributed by atoms with Gasteiger partial charge in [0.2, 0.25) is 5.91 Å². The number of benzene rings is 1. The van der Waals surface area contributed by atoms with E-state index in [1.54, 1.807) is 0 Å². The van der Waals surface area contributed by atoms with Crippen molar-refractivity contribution in [3.63, 3.8) is 0 Å². The van der Waals surface area contributed by atoms with Gasteiger partial charge in [-0.1, -0.05) is 37.5 Å². The molecule has 2 aliphatic rings. The second kappa shape index (κ2) is 7.59. The number of esters is 1. The molecule has 1 aromatic carbocycles. The number of ether oxygens (including phenoxy) is 1. The summed E-state index contributed by atoms with van der Waals surface area (Å²) in [6.45, 7) is 1.17. The van der Waals surface area contributed by atoms with Gasteiger partial charge in [0.15, 0.2) is 0 Å². The van der Waals surface area contributed by atoms with Gasteiger partial charge in [-0.05, 0) is 25.0 Å². The van der Waals surface area contributed by atoms with Gasteiger partial charge in [-0.2, -0.15) is 0 Å². The molecule has 5 nitrogen and oxygen atoms in total. The predicted octanol–water partition coefficient (Wildman–Crippen LogP) is 2.58. The fourth-order valence-electron chi connectivity index (χ4n) is 3.60. The number of rotatable bonds is 4. The Hall–Kier alpha value is -1.88. The molecular formula is C18H24N2O3. The molecule has 1 aromatic rings. The largest absolute Gasteiger partial charge is 0.463 e. The van der Waals surface area contributed by atoms with Crippen LogP contribution < -0.4 is 5.32 Å². The molecule has 1 aliphatic heterocycles. The number of nitrogens with zero attached hydrogens (tertiary/aromatic N) is 1. The molecule has 1 atom stereocenters. The number of carbonyl (C=O) groups excluding carboxylic acids is 2. The summed E-state index contributed by atoms with van der Waals surface area (Å²) < 4.78 is 5.20. The van der Waals surface area contributed by atoms with E-state index in [0.717, 1.165) is 25.1 Å². The first kappa shape index (κ1) is 16.0. The van der Waals surface area contributed by atoms with E-state index in [9.17, 15) is 9.59 Å². The number of nitrogens with one attached hydrogen (secondary N) is 1. The average Bonchev–Trinajstić information content (AvgIpc) is 2.58. The monoisotopic (exact) mass is 316 g/mol. The molecule has 1 saturated carbocycles. The second-order valence-corrected chi connectivity index (χ2v) is 6.33. The zero-order valence-corrected chi connectivity index (χ0v) is 13.4. The molecule has 0 spiro atoms. The van der Waals surface area contributed by atoms with E-state index >= 15 is 0 Å². The van der Waals surface area contributed by atoms with Gasteiger partial charge in [0.1, 0.15) is 12.6 Å². The van der Waals surface area contributed by atoms with Crippen molar-refractivity contribution in [3.05, 3.63) is 30.3 Å². The van der Waals surface area contributed by atoms with Gasteiger partial charge in [0, 0.05) is 18.3 Å². The van der Waals surface area contributed by atoms with Crippen molar-refractivity contribution in [2.75, 3.05) is 18.5 Å². The van der Waals surface area contributed by atoms with Gasteiger partial charge in [-0.15, -0.1) is 0 Å². The highest BCUT2D eigenvalue weighted by atomic mass is 16.5. The summed E-state index contributed by atoms with van der Waals surface area (Å²) in [5, 5.41) is 2.86. The van der Waals surface area contributed by atoms with Gasteiger partial charge in [0.25, 0.3) is 0 Å². The van der Waals surface area contributed by atoms with Crippen LogP contribution in [-0.4, -0.2) is 42.0 Å². The van der Waals surface area contributed by atoms with Crippen LogP contribution in [-0.2, 0) is 14.3 Å². The van der Waals surface area contributed by atoms with Crippen molar-refractivity contribution in [2.24, 2.45) is 0 Å². The lowest BCUT2D eigenvalue weighted by molar-refractivity contribution is -0.161. The number of morpholine rings is 1. The van der Waals surface area contributed by atoms with Crippen molar-refractivity contribution in [2.45, 2.75) is 50.6 Å². The maximum atomic E-state index is 12.3. The van der Waals surface area contributed by atoms with Crippen LogP contribution in [0.5, 0.6) is 0 Å². The quantitative estimate of drug-likeness (QED) is 0.867. The lowest BCUT2D eigenvalue weighted by atomic mass is 9.92. The molecule has 1 heterocycles. The van der Waals surface area contributed by atoms with Crippen molar-refractivity contribution >= 4 is 17.6 Å². The van der Waals surface area contributed by atoms with Gasteiger partial charge in [-0.25, -0.2) is 0 Å². The average molecular weight is 316 g/mol. The molecule has 1 saturated heterocycles. The molecule has 1 aliphatic carbocycles. The van der Waals surface area contributed by atoms with E-state index < -0.39 is 6.04 Å². The van der Waals surface area contributed by atoms with Crippen molar-refractivity contribution in [1.29, 1.82) is 0 Å². The molecule has 5 heteroatoms. The molecule has 2 fully saturated rings. The van der Waals surface area contributed by atoms with E-state index in [4.69, 9.17) is 4.74 Å². The number of hydrogen-bond acceptors (Lipinski definition) is 4. The fourth-order valence-corrected chi connectivity index (χ4v) is 3.60. The summed E-state index contributed by atoms with van der Waals surface area (Å²) in [4.78, 5) is 26.7. The summed E-state index contributed by atoms with van der Waals surface area (Å²) >= 11 is 0. The van der Waals surface area contributed by atoms with Crippen LogP contribution in [0.25, 0.3) is 0 Å². The Balaban J connectivity index is 1.64. The lowest BCUT2D eigenvalue weighted by Crippen LogP contribution is -2.54. The van der Waals surface area contributed by atoms with Crippen molar-refractivity contribution < 1.29 is 14.3 Å². The van der Waals surface area contributed by atoms with Crippen LogP contribution in [0.1, 0.15) is 38.5 Å². The van der Waals surface area contributed by atoms with Crippen molar-refractivity contribution in [3.8, 4) is 0 Å². The van der Waals surface area contributed by atoms with Gasteiger partial charge < -0.3 is 10.1 Å². The topological polar surface area (TPSA) is 58.6 Å². The molecule has 1 amide bonds. The highest BCUT2D eigenvalue weighted by molar-refractivity contribution is 5.94. The summed E-state index contributed by atoms with van der Waals surface area (Å²) in [6.07, 6.45) is 6.07. The molecule has 0 aromatic heterocycles. The third-order valence-electron chi connectivity index (χ3n) is 4.75. The van der Waals surface area contributed by atoms with E-state index in [1.807, 2.05) is 30.3 Å². The summed E-state index contributed by atoms with van der Waals surface area (Å²) in [7, 11) is 0. The third-order valence-corrected chi connectivity index (χ3v) is 4.75. The maximum Gasteiger partial charge on any atom is 0.323 e. The SMILES string of the molecule is O=C(CC1C(=O)OCCN1C1CCCCC1)Nc1ccccc1. The lowest BCUT2D eigenvalue weighted by Gasteiger charge is -2.41. The number of anilines is 1. The molecule has 124 valence electrons.